The van der Waals surface area contributed by atoms with E-state index in [-0.39, 0.29) is 24.2 Å². The lowest BCUT2D eigenvalue weighted by atomic mass is 10.1. The number of nitrogens with one attached hydrogen (secondary N) is 1. The normalized spacial score (nSPS) is 11.1. The van der Waals surface area contributed by atoms with Gasteiger partial charge in [0.15, 0.2) is 11.6 Å². The SMILES string of the molecule is COc1cccc(C(=O)c2oc3ccccc3c2NC(=O)c2ccc(OCc3nnnn3C(C)C)cc2)c1. The van der Waals surface area contributed by atoms with E-state index >= 15 is 0 Å². The number of rotatable bonds is 9. The first-order valence-electron chi connectivity index (χ1n) is 12.0. The number of methoxy groups -OCH3 is 1. The maximum atomic E-state index is 13.4. The Hall–Kier alpha value is -4.99. The zero-order valence-corrected chi connectivity index (χ0v) is 21.0. The summed E-state index contributed by atoms with van der Waals surface area (Å²) in [5.74, 6) is 0.968. The Bertz CT molecular complexity index is 1600. The molecule has 0 aliphatic carbocycles. The summed E-state index contributed by atoms with van der Waals surface area (Å²) in [5, 5.41) is 15.1. The first-order valence-corrected chi connectivity index (χ1v) is 12.0. The van der Waals surface area contributed by atoms with Gasteiger partial charge in [0.2, 0.25) is 5.78 Å². The highest BCUT2D eigenvalue weighted by atomic mass is 16.5. The first-order chi connectivity index (χ1) is 18.4. The summed E-state index contributed by atoms with van der Waals surface area (Å²) in [7, 11) is 1.53. The van der Waals surface area contributed by atoms with Gasteiger partial charge in [-0.25, -0.2) is 4.68 Å². The highest BCUT2D eigenvalue weighted by Crippen LogP contribution is 2.33. The lowest BCUT2D eigenvalue weighted by molar-refractivity contribution is 0.101. The summed E-state index contributed by atoms with van der Waals surface area (Å²) in [6.07, 6.45) is 0. The topological polar surface area (TPSA) is 121 Å². The van der Waals surface area contributed by atoms with E-state index in [4.69, 9.17) is 13.9 Å². The number of amides is 1. The lowest BCUT2D eigenvalue weighted by Crippen LogP contribution is -2.14. The molecule has 0 atom stereocenters. The van der Waals surface area contributed by atoms with Crippen LogP contribution in [0.3, 0.4) is 0 Å². The van der Waals surface area contributed by atoms with Gasteiger partial charge < -0.3 is 19.2 Å². The van der Waals surface area contributed by atoms with Crippen molar-refractivity contribution in [2.75, 3.05) is 12.4 Å². The molecule has 0 aliphatic rings. The molecular formula is C28H25N5O5. The minimum Gasteiger partial charge on any atom is -0.497 e. The number of carbonyl (C=O) groups excluding carboxylic acids is 2. The van der Waals surface area contributed by atoms with Crippen molar-refractivity contribution in [3.05, 3.63) is 95.5 Å². The molecule has 1 N–H and O–H groups in total. The standard InChI is InChI=1S/C28H25N5O5/c1-17(2)33-24(30-31-32-33)16-37-20-13-11-18(12-14-20)28(35)29-25-22-9-4-5-10-23(22)38-27(25)26(34)19-7-6-8-21(15-19)36-3/h4-15,17H,16H2,1-3H3,(H,29,35). The Morgan fingerprint density at radius 2 is 1.76 bits per heavy atom. The monoisotopic (exact) mass is 511 g/mol. The van der Waals surface area contributed by atoms with E-state index in [1.807, 2.05) is 19.9 Å². The molecule has 192 valence electrons. The molecule has 0 unspecified atom stereocenters. The summed E-state index contributed by atoms with van der Waals surface area (Å²) in [5.41, 5.74) is 1.55. The molecule has 0 fully saturated rings. The van der Waals surface area contributed by atoms with E-state index in [0.717, 1.165) is 0 Å². The molecular weight excluding hydrogens is 486 g/mol. The van der Waals surface area contributed by atoms with Crippen LogP contribution in [0.2, 0.25) is 0 Å². The molecule has 2 heterocycles. The van der Waals surface area contributed by atoms with Crippen LogP contribution in [0.4, 0.5) is 5.69 Å². The van der Waals surface area contributed by atoms with Crippen LogP contribution in [-0.2, 0) is 6.61 Å². The summed E-state index contributed by atoms with van der Waals surface area (Å²) < 4.78 is 18.6. The minimum absolute atomic E-state index is 0.0376. The van der Waals surface area contributed by atoms with Gasteiger partial charge in [0.1, 0.15) is 23.7 Å². The summed E-state index contributed by atoms with van der Waals surface area (Å²) in [4.78, 5) is 26.6. The van der Waals surface area contributed by atoms with Crippen molar-refractivity contribution in [3.63, 3.8) is 0 Å². The molecule has 0 bridgehead atoms. The quantitative estimate of drug-likeness (QED) is 0.272. The van der Waals surface area contributed by atoms with Crippen molar-refractivity contribution >= 4 is 28.3 Å². The first kappa shape index (κ1) is 24.7. The number of hydrogen-bond donors (Lipinski definition) is 1. The lowest BCUT2D eigenvalue weighted by Gasteiger charge is -2.10. The van der Waals surface area contributed by atoms with Gasteiger partial charge in [-0.2, -0.15) is 0 Å². The highest BCUT2D eigenvalue weighted by Gasteiger charge is 2.24. The molecule has 10 heteroatoms. The molecule has 38 heavy (non-hydrogen) atoms. The van der Waals surface area contributed by atoms with Gasteiger partial charge in [-0.3, -0.25) is 9.59 Å². The Morgan fingerprint density at radius 1 is 0.974 bits per heavy atom. The van der Waals surface area contributed by atoms with E-state index in [1.54, 1.807) is 71.4 Å². The number of benzene rings is 3. The van der Waals surface area contributed by atoms with Gasteiger partial charge in [0, 0.05) is 16.5 Å². The van der Waals surface area contributed by atoms with Crippen molar-refractivity contribution in [2.45, 2.75) is 26.5 Å². The summed E-state index contributed by atoms with van der Waals surface area (Å²) >= 11 is 0. The predicted molar refractivity (Wildman–Crippen MR) is 140 cm³/mol. The molecule has 3 aromatic carbocycles. The summed E-state index contributed by atoms with van der Waals surface area (Å²) in [6.45, 7) is 4.14. The van der Waals surface area contributed by atoms with Crippen molar-refractivity contribution in [1.29, 1.82) is 0 Å². The zero-order valence-electron chi connectivity index (χ0n) is 21.0. The number of tetrazole rings is 1. The van der Waals surface area contributed by atoms with E-state index in [9.17, 15) is 9.59 Å². The predicted octanol–water partition coefficient (Wildman–Crippen LogP) is 5.07. The molecule has 10 nitrogen and oxygen atoms in total. The molecule has 2 aromatic heterocycles. The van der Waals surface area contributed by atoms with Gasteiger partial charge in [0.25, 0.3) is 5.91 Å². The fraction of sp³-hybridized carbons (Fsp3) is 0.179. The highest BCUT2D eigenvalue weighted by molar-refractivity contribution is 6.19. The maximum absolute atomic E-state index is 13.4. The van der Waals surface area contributed by atoms with Crippen molar-refractivity contribution in [3.8, 4) is 11.5 Å². The van der Waals surface area contributed by atoms with Crippen LogP contribution < -0.4 is 14.8 Å². The average molecular weight is 512 g/mol. The number of carbonyl (C=O) groups is 2. The van der Waals surface area contributed by atoms with E-state index in [2.05, 4.69) is 20.8 Å². The van der Waals surface area contributed by atoms with Crippen molar-refractivity contribution in [1.82, 2.24) is 20.2 Å². The fourth-order valence-electron chi connectivity index (χ4n) is 3.97. The largest absolute Gasteiger partial charge is 0.497 e. The number of ether oxygens (including phenoxy) is 2. The van der Waals surface area contributed by atoms with Crippen molar-refractivity contribution < 1.29 is 23.5 Å². The number of hydrogen-bond acceptors (Lipinski definition) is 8. The van der Waals surface area contributed by atoms with Gasteiger partial charge in [-0.15, -0.1) is 5.10 Å². The fourth-order valence-corrected chi connectivity index (χ4v) is 3.97. The van der Waals surface area contributed by atoms with E-state index in [1.165, 1.54) is 7.11 Å². The van der Waals surface area contributed by atoms with Crippen LogP contribution in [0.25, 0.3) is 11.0 Å². The third-order valence-corrected chi connectivity index (χ3v) is 5.91. The van der Waals surface area contributed by atoms with E-state index in [0.29, 0.717) is 45.1 Å². The average Bonchev–Trinajstić information content (AvgIpc) is 3.57. The minimum atomic E-state index is -0.397. The van der Waals surface area contributed by atoms with Crippen molar-refractivity contribution in [2.24, 2.45) is 0 Å². The zero-order chi connectivity index (χ0) is 26.6. The second-order valence-electron chi connectivity index (χ2n) is 8.76. The molecule has 5 rings (SSSR count). The van der Waals surface area contributed by atoms with Gasteiger partial charge >= 0.3 is 0 Å². The van der Waals surface area contributed by atoms with Crippen LogP contribution in [0.1, 0.15) is 52.2 Å². The number of fused-ring (bicyclic) bond motifs is 1. The van der Waals surface area contributed by atoms with Gasteiger partial charge in [-0.1, -0.05) is 24.3 Å². The molecule has 0 saturated carbocycles. The number of aromatic nitrogens is 4. The van der Waals surface area contributed by atoms with Crippen LogP contribution in [0, 0.1) is 0 Å². The molecule has 0 radical (unpaired) electrons. The van der Waals surface area contributed by atoms with Gasteiger partial charge in [0.05, 0.1) is 18.8 Å². The second-order valence-corrected chi connectivity index (χ2v) is 8.76. The Kier molecular flexibility index (Phi) is 6.86. The smallest absolute Gasteiger partial charge is 0.255 e. The number of nitrogens with zero attached hydrogens (tertiary/aromatic N) is 4. The Morgan fingerprint density at radius 3 is 2.53 bits per heavy atom. The van der Waals surface area contributed by atoms with Gasteiger partial charge in [-0.05, 0) is 72.8 Å². The molecule has 1 amide bonds. The van der Waals surface area contributed by atoms with Crippen LogP contribution in [0.5, 0.6) is 11.5 Å². The van der Waals surface area contributed by atoms with Crippen LogP contribution in [0.15, 0.2) is 77.2 Å². The number of ketones is 1. The number of para-hydroxylation sites is 1. The Labute approximate surface area is 218 Å². The Balaban J connectivity index is 1.36. The second kappa shape index (κ2) is 10.6. The molecule has 0 aliphatic heterocycles. The third kappa shape index (κ3) is 4.96. The van der Waals surface area contributed by atoms with Crippen LogP contribution >= 0.6 is 0 Å². The van der Waals surface area contributed by atoms with Crippen LogP contribution in [-0.4, -0.2) is 39.0 Å². The molecule has 0 spiro atoms. The molecule has 0 saturated heterocycles. The summed E-state index contributed by atoms with van der Waals surface area (Å²) in [6, 6.07) is 20.7. The molecule has 5 aromatic rings. The number of furan rings is 1. The third-order valence-electron chi connectivity index (χ3n) is 5.91. The number of anilines is 1. The van der Waals surface area contributed by atoms with E-state index < -0.39 is 5.91 Å². The maximum Gasteiger partial charge on any atom is 0.255 e.